The van der Waals surface area contributed by atoms with Crippen molar-refractivity contribution in [2.24, 2.45) is 0 Å². The minimum absolute atomic E-state index is 0.0581. The van der Waals surface area contributed by atoms with Crippen molar-refractivity contribution in [3.05, 3.63) is 83.4 Å². The van der Waals surface area contributed by atoms with Crippen LogP contribution in [0, 0.1) is 0 Å². The highest BCUT2D eigenvalue weighted by molar-refractivity contribution is 5.95. The Balaban J connectivity index is 1.41. The smallest absolute Gasteiger partial charge is 0.306 e. The highest BCUT2D eigenvalue weighted by Crippen LogP contribution is 2.27. The maximum Gasteiger partial charge on any atom is 0.306 e. The Hall–Kier alpha value is -4.13. The molecule has 0 aromatic heterocycles. The van der Waals surface area contributed by atoms with Crippen molar-refractivity contribution in [3.8, 4) is 11.5 Å². The number of carbonyl (C=O) groups is 3. The number of ether oxygens (including phenoxy) is 2. The second-order valence-electron chi connectivity index (χ2n) is 10.3. The zero-order valence-electron chi connectivity index (χ0n) is 23.4. The molecule has 0 atom stereocenters. The van der Waals surface area contributed by atoms with Crippen molar-refractivity contribution in [3.63, 3.8) is 0 Å². The average molecular weight is 531 g/mol. The van der Waals surface area contributed by atoms with Crippen LogP contribution < -0.4 is 15.4 Å². The summed E-state index contributed by atoms with van der Waals surface area (Å²) >= 11 is 0. The fraction of sp³-hybridized carbons (Fsp3) is 0.344. The van der Waals surface area contributed by atoms with E-state index < -0.39 is 18.5 Å². The molecule has 0 aliphatic rings. The van der Waals surface area contributed by atoms with Gasteiger partial charge in [0, 0.05) is 17.8 Å². The maximum atomic E-state index is 12.4. The lowest BCUT2D eigenvalue weighted by Crippen LogP contribution is -2.23. The van der Waals surface area contributed by atoms with Crippen molar-refractivity contribution in [2.75, 3.05) is 17.2 Å². The van der Waals surface area contributed by atoms with Gasteiger partial charge in [-0.25, -0.2) is 0 Å². The van der Waals surface area contributed by atoms with E-state index in [9.17, 15) is 14.4 Å². The second-order valence-corrected chi connectivity index (χ2v) is 10.3. The lowest BCUT2D eigenvalue weighted by molar-refractivity contribution is -0.147. The molecule has 0 aliphatic carbocycles. The maximum absolute atomic E-state index is 12.4. The van der Waals surface area contributed by atoms with Crippen molar-refractivity contribution in [1.29, 1.82) is 0 Å². The Labute approximate surface area is 230 Å². The fourth-order valence-corrected chi connectivity index (χ4v) is 4.00. The summed E-state index contributed by atoms with van der Waals surface area (Å²) in [5.41, 5.74) is 4.72. The van der Waals surface area contributed by atoms with E-state index in [1.54, 1.807) is 24.3 Å². The van der Waals surface area contributed by atoms with Crippen LogP contribution >= 0.6 is 0 Å². The fourth-order valence-electron chi connectivity index (χ4n) is 4.00. The third kappa shape index (κ3) is 8.99. The van der Waals surface area contributed by atoms with Crippen LogP contribution in [-0.2, 0) is 37.4 Å². The first kappa shape index (κ1) is 29.4. The number of rotatable bonds is 11. The second kappa shape index (κ2) is 13.6. The van der Waals surface area contributed by atoms with E-state index in [1.165, 1.54) is 5.56 Å². The minimum atomic E-state index is -0.610. The molecule has 7 heteroatoms. The molecule has 0 fully saturated rings. The van der Waals surface area contributed by atoms with Gasteiger partial charge >= 0.3 is 5.97 Å². The van der Waals surface area contributed by atoms with E-state index in [0.29, 0.717) is 11.4 Å². The molecule has 0 unspecified atom stereocenters. The van der Waals surface area contributed by atoms with Gasteiger partial charge in [-0.15, -0.1) is 0 Å². The Morgan fingerprint density at radius 2 is 1.28 bits per heavy atom. The summed E-state index contributed by atoms with van der Waals surface area (Å²) in [5, 5.41) is 5.61. The number of hydrogen-bond acceptors (Lipinski definition) is 5. The van der Waals surface area contributed by atoms with Crippen LogP contribution in [0.3, 0.4) is 0 Å². The number of hydrogen-bond donors (Lipinski definition) is 2. The lowest BCUT2D eigenvalue weighted by atomic mass is 9.87. The van der Waals surface area contributed by atoms with Gasteiger partial charge < -0.3 is 20.1 Å². The van der Waals surface area contributed by atoms with Gasteiger partial charge in [-0.05, 0) is 71.3 Å². The quantitative estimate of drug-likeness (QED) is 0.266. The summed E-state index contributed by atoms with van der Waals surface area (Å²) in [6.45, 7) is 10.1. The zero-order chi connectivity index (χ0) is 28.4. The van der Waals surface area contributed by atoms with Crippen LogP contribution in [-0.4, -0.2) is 24.4 Å². The van der Waals surface area contributed by atoms with Gasteiger partial charge in [-0.1, -0.05) is 65.0 Å². The van der Waals surface area contributed by atoms with Crippen LogP contribution in [0.5, 0.6) is 11.5 Å². The molecule has 0 saturated carbocycles. The van der Waals surface area contributed by atoms with Crippen molar-refractivity contribution in [1.82, 2.24) is 0 Å². The average Bonchev–Trinajstić information content (AvgIpc) is 2.91. The number of anilines is 2. The molecular formula is C32H38N2O5. The Bertz CT molecular complexity index is 1250. The molecule has 0 aliphatic heterocycles. The predicted octanol–water partition coefficient (Wildman–Crippen LogP) is 6.80. The third-order valence-corrected chi connectivity index (χ3v) is 6.28. The third-order valence-electron chi connectivity index (χ3n) is 6.28. The molecule has 7 nitrogen and oxygen atoms in total. The first-order valence-corrected chi connectivity index (χ1v) is 13.3. The van der Waals surface area contributed by atoms with Crippen molar-refractivity contribution < 1.29 is 23.9 Å². The van der Waals surface area contributed by atoms with E-state index in [2.05, 4.69) is 43.5 Å². The zero-order valence-corrected chi connectivity index (χ0v) is 23.4. The number of amides is 2. The molecule has 3 aromatic rings. The predicted molar refractivity (Wildman–Crippen MR) is 154 cm³/mol. The molecular weight excluding hydrogens is 492 g/mol. The van der Waals surface area contributed by atoms with E-state index in [1.807, 2.05) is 44.2 Å². The monoisotopic (exact) mass is 530 g/mol. The molecule has 0 radical (unpaired) electrons. The SMILES string of the molecule is CCc1cccc(CC)c1NC(=O)COC(=O)CCC(=O)Nc1ccc(Oc2ccc(C(C)(C)C)cc2)cc1. The summed E-state index contributed by atoms with van der Waals surface area (Å²) in [7, 11) is 0. The van der Waals surface area contributed by atoms with Crippen molar-refractivity contribution >= 4 is 29.2 Å². The summed E-state index contributed by atoms with van der Waals surface area (Å²) in [6.07, 6.45) is 1.37. The van der Waals surface area contributed by atoms with Gasteiger partial charge in [-0.3, -0.25) is 14.4 Å². The molecule has 39 heavy (non-hydrogen) atoms. The van der Waals surface area contributed by atoms with Crippen LogP contribution in [0.25, 0.3) is 0 Å². The first-order valence-electron chi connectivity index (χ1n) is 13.3. The highest BCUT2D eigenvalue weighted by atomic mass is 16.5. The minimum Gasteiger partial charge on any atom is -0.457 e. The molecule has 0 heterocycles. The van der Waals surface area contributed by atoms with E-state index >= 15 is 0 Å². The van der Waals surface area contributed by atoms with Crippen LogP contribution in [0.4, 0.5) is 11.4 Å². The molecule has 3 aromatic carbocycles. The highest BCUT2D eigenvalue weighted by Gasteiger charge is 2.15. The summed E-state index contributed by atoms with van der Waals surface area (Å²) < 4.78 is 11.0. The molecule has 2 amide bonds. The van der Waals surface area contributed by atoms with Crippen molar-refractivity contribution in [2.45, 2.75) is 65.7 Å². The van der Waals surface area contributed by atoms with E-state index in [0.717, 1.165) is 35.4 Å². The number of esters is 1. The molecule has 2 N–H and O–H groups in total. The number of benzene rings is 3. The number of carbonyl (C=O) groups excluding carboxylic acids is 3. The van der Waals surface area contributed by atoms with Gasteiger partial charge in [-0.2, -0.15) is 0 Å². The van der Waals surface area contributed by atoms with E-state index in [4.69, 9.17) is 9.47 Å². The lowest BCUT2D eigenvalue weighted by Gasteiger charge is -2.19. The largest absolute Gasteiger partial charge is 0.457 e. The van der Waals surface area contributed by atoms with Gasteiger partial charge in [0.1, 0.15) is 11.5 Å². The number of nitrogens with one attached hydrogen (secondary N) is 2. The molecule has 206 valence electrons. The summed E-state index contributed by atoms with van der Waals surface area (Å²) in [6, 6.07) is 20.9. The standard InChI is InChI=1S/C32H38N2O5/c1-6-22-9-8-10-23(7-2)31(22)34-29(36)21-38-30(37)20-19-28(35)33-25-13-17-27(18-14-25)39-26-15-11-24(12-16-26)32(3,4)5/h8-18H,6-7,19-21H2,1-5H3,(H,33,35)(H,34,36). The summed E-state index contributed by atoms with van der Waals surface area (Å²) in [5.74, 6) is 0.0301. The van der Waals surface area contributed by atoms with Gasteiger partial charge in [0.2, 0.25) is 5.91 Å². The van der Waals surface area contributed by atoms with Crippen LogP contribution in [0.15, 0.2) is 66.7 Å². The molecule has 0 bridgehead atoms. The first-order chi connectivity index (χ1) is 18.6. The van der Waals surface area contributed by atoms with E-state index in [-0.39, 0.29) is 24.2 Å². The normalized spacial score (nSPS) is 11.0. The molecule has 0 saturated heterocycles. The van der Waals surface area contributed by atoms with Gasteiger partial charge in [0.25, 0.3) is 5.91 Å². The van der Waals surface area contributed by atoms with Gasteiger partial charge in [0.05, 0.1) is 6.42 Å². The number of para-hydroxylation sites is 1. The molecule has 3 rings (SSSR count). The van der Waals surface area contributed by atoms with Crippen LogP contribution in [0.2, 0.25) is 0 Å². The Morgan fingerprint density at radius 3 is 1.82 bits per heavy atom. The number of aryl methyl sites for hydroxylation is 2. The van der Waals surface area contributed by atoms with Gasteiger partial charge in [0.15, 0.2) is 6.61 Å². The topological polar surface area (TPSA) is 93.7 Å². The van der Waals surface area contributed by atoms with Crippen LogP contribution in [0.1, 0.15) is 64.2 Å². The Morgan fingerprint density at radius 1 is 0.718 bits per heavy atom. The Kier molecular flexibility index (Phi) is 10.3. The molecule has 0 spiro atoms. The summed E-state index contributed by atoms with van der Waals surface area (Å²) in [4.78, 5) is 36.7.